The lowest BCUT2D eigenvalue weighted by Gasteiger charge is -2.06. The maximum atomic E-state index is 12.2. The number of nitrogens with zero attached hydrogens (tertiary/aromatic N) is 1. The van der Waals surface area contributed by atoms with Gasteiger partial charge in [-0.3, -0.25) is 4.79 Å². The third-order valence-electron chi connectivity index (χ3n) is 4.46. The molecule has 118 valence electrons. The number of hydrogen-bond acceptors (Lipinski definition) is 2. The van der Waals surface area contributed by atoms with Crippen molar-refractivity contribution in [2.45, 2.75) is 33.1 Å². The molecule has 0 spiro atoms. The number of hydrogen-bond donors (Lipinski definition) is 1. The van der Waals surface area contributed by atoms with Gasteiger partial charge in [0.2, 0.25) is 5.91 Å². The van der Waals surface area contributed by atoms with E-state index in [2.05, 4.69) is 55.6 Å². The van der Waals surface area contributed by atoms with Gasteiger partial charge in [0.15, 0.2) is 0 Å². The lowest BCUT2D eigenvalue weighted by Crippen LogP contribution is -2.20. The fourth-order valence-electron chi connectivity index (χ4n) is 3.19. The Morgan fingerprint density at radius 2 is 1.78 bits per heavy atom. The third-order valence-corrected chi connectivity index (χ3v) is 4.46. The molecule has 0 aromatic heterocycles. The molecule has 1 N–H and O–H groups in total. The first-order valence-corrected chi connectivity index (χ1v) is 8.02. The largest absolute Gasteiger partial charge is 0.273 e. The molecule has 1 amide bonds. The van der Waals surface area contributed by atoms with Crippen molar-refractivity contribution in [1.82, 2.24) is 5.43 Å². The molecule has 0 bridgehead atoms. The lowest BCUT2D eigenvalue weighted by atomic mass is 10.0. The third kappa shape index (κ3) is 3.50. The normalized spacial score (nSPS) is 19.8. The highest BCUT2D eigenvalue weighted by Gasteiger charge is 2.43. The van der Waals surface area contributed by atoms with Gasteiger partial charge in [-0.1, -0.05) is 48.0 Å². The Morgan fingerprint density at radius 1 is 1.13 bits per heavy atom. The van der Waals surface area contributed by atoms with Gasteiger partial charge in [-0.2, -0.15) is 5.10 Å². The van der Waals surface area contributed by atoms with Crippen molar-refractivity contribution in [1.29, 1.82) is 0 Å². The van der Waals surface area contributed by atoms with Crippen LogP contribution >= 0.6 is 0 Å². The van der Waals surface area contributed by atoms with Crippen LogP contribution in [0.3, 0.4) is 0 Å². The van der Waals surface area contributed by atoms with Crippen LogP contribution in [0, 0.1) is 26.7 Å². The molecule has 1 saturated carbocycles. The molecule has 2 aromatic rings. The van der Waals surface area contributed by atoms with E-state index in [1.807, 2.05) is 18.2 Å². The highest BCUT2D eigenvalue weighted by molar-refractivity contribution is 5.87. The van der Waals surface area contributed by atoms with Crippen molar-refractivity contribution in [2.75, 3.05) is 0 Å². The molecule has 1 fully saturated rings. The van der Waals surface area contributed by atoms with E-state index in [0.29, 0.717) is 5.92 Å². The molecule has 0 radical (unpaired) electrons. The maximum Gasteiger partial charge on any atom is 0.243 e. The molecule has 0 heterocycles. The molecule has 0 aliphatic heterocycles. The Morgan fingerprint density at radius 3 is 2.43 bits per heavy atom. The highest BCUT2D eigenvalue weighted by atomic mass is 16.2. The first-order valence-electron chi connectivity index (χ1n) is 8.02. The quantitative estimate of drug-likeness (QED) is 0.676. The van der Waals surface area contributed by atoms with Gasteiger partial charge >= 0.3 is 0 Å². The molecule has 23 heavy (non-hydrogen) atoms. The van der Waals surface area contributed by atoms with Crippen molar-refractivity contribution in [3.8, 4) is 0 Å². The number of carbonyl (C=O) groups is 1. The monoisotopic (exact) mass is 306 g/mol. The van der Waals surface area contributed by atoms with Gasteiger partial charge in [0, 0.05) is 11.5 Å². The van der Waals surface area contributed by atoms with E-state index in [1.165, 1.54) is 22.3 Å². The summed E-state index contributed by atoms with van der Waals surface area (Å²) in [5.41, 5.74) is 8.60. The Hall–Kier alpha value is -2.42. The average Bonchev–Trinajstić information content (AvgIpc) is 3.31. The summed E-state index contributed by atoms with van der Waals surface area (Å²) in [4.78, 5) is 12.2. The van der Waals surface area contributed by atoms with Crippen molar-refractivity contribution < 1.29 is 4.79 Å². The molecule has 2 atom stereocenters. The molecular weight excluding hydrogens is 284 g/mol. The van der Waals surface area contributed by atoms with E-state index in [9.17, 15) is 4.79 Å². The number of amides is 1. The molecule has 2 aromatic carbocycles. The molecule has 0 unspecified atom stereocenters. The second-order valence-electron chi connectivity index (χ2n) is 6.41. The van der Waals surface area contributed by atoms with Crippen LogP contribution in [0.15, 0.2) is 47.6 Å². The van der Waals surface area contributed by atoms with Gasteiger partial charge < -0.3 is 0 Å². The van der Waals surface area contributed by atoms with Crippen LogP contribution in [0.2, 0.25) is 0 Å². The maximum absolute atomic E-state index is 12.2. The Bertz CT molecular complexity index is 726. The summed E-state index contributed by atoms with van der Waals surface area (Å²) >= 11 is 0. The number of aryl methyl sites for hydroxylation is 3. The highest BCUT2D eigenvalue weighted by Crippen LogP contribution is 2.47. The fourth-order valence-corrected chi connectivity index (χ4v) is 3.19. The van der Waals surface area contributed by atoms with E-state index in [4.69, 9.17) is 0 Å². The van der Waals surface area contributed by atoms with Gasteiger partial charge in [-0.05, 0) is 49.8 Å². The predicted molar refractivity (Wildman–Crippen MR) is 93.7 cm³/mol. The summed E-state index contributed by atoms with van der Waals surface area (Å²) in [5, 5.41) is 4.16. The number of carbonyl (C=O) groups excluding carboxylic acids is 1. The number of rotatable bonds is 4. The molecular formula is C20H22N2O. The predicted octanol–water partition coefficient (Wildman–Crippen LogP) is 3.87. The molecule has 3 heteroatoms. The standard InChI is InChI=1S/C20H22N2O/c1-13-9-14(2)19(15(3)10-13)12-21-22-20(23)18-11-17(18)16-7-5-4-6-8-16/h4-10,12,17-18H,11H2,1-3H3,(H,22,23)/b21-12-/t17-,18-/m1/s1. The summed E-state index contributed by atoms with van der Waals surface area (Å²) in [5.74, 6) is 0.404. The molecule has 1 aliphatic rings. The minimum absolute atomic E-state index is 0.0116. The zero-order chi connectivity index (χ0) is 16.4. The summed E-state index contributed by atoms with van der Waals surface area (Å²) in [6.45, 7) is 6.21. The van der Waals surface area contributed by atoms with Gasteiger partial charge in [0.25, 0.3) is 0 Å². The van der Waals surface area contributed by atoms with Gasteiger partial charge in [0.05, 0.1) is 6.21 Å². The summed E-state index contributed by atoms with van der Waals surface area (Å²) in [6.07, 6.45) is 2.66. The summed E-state index contributed by atoms with van der Waals surface area (Å²) in [6, 6.07) is 14.5. The zero-order valence-corrected chi connectivity index (χ0v) is 13.8. The molecule has 3 rings (SSSR count). The van der Waals surface area contributed by atoms with Crippen LogP contribution in [-0.4, -0.2) is 12.1 Å². The second-order valence-corrected chi connectivity index (χ2v) is 6.41. The van der Waals surface area contributed by atoms with Crippen LogP contribution in [-0.2, 0) is 4.79 Å². The number of hydrazone groups is 1. The minimum atomic E-state index is 0.0116. The smallest absolute Gasteiger partial charge is 0.243 e. The number of benzene rings is 2. The summed E-state index contributed by atoms with van der Waals surface area (Å²) in [7, 11) is 0. The van der Waals surface area contributed by atoms with Crippen LogP contribution in [0.25, 0.3) is 0 Å². The summed E-state index contributed by atoms with van der Waals surface area (Å²) < 4.78 is 0. The van der Waals surface area contributed by atoms with E-state index in [0.717, 1.165) is 12.0 Å². The Kier molecular flexibility index (Phi) is 4.28. The van der Waals surface area contributed by atoms with Gasteiger partial charge in [0.1, 0.15) is 0 Å². The first-order chi connectivity index (χ1) is 11.1. The second kappa shape index (κ2) is 6.37. The molecule has 1 aliphatic carbocycles. The SMILES string of the molecule is Cc1cc(C)c(/C=N\NC(=O)[C@@H]2C[C@@H]2c2ccccc2)c(C)c1. The number of nitrogens with one attached hydrogen (secondary N) is 1. The van der Waals surface area contributed by atoms with Gasteiger partial charge in [-0.15, -0.1) is 0 Å². The average molecular weight is 306 g/mol. The topological polar surface area (TPSA) is 41.5 Å². The van der Waals surface area contributed by atoms with Gasteiger partial charge in [-0.25, -0.2) is 5.43 Å². The molecule has 0 saturated heterocycles. The van der Waals surface area contributed by atoms with E-state index in [1.54, 1.807) is 6.21 Å². The van der Waals surface area contributed by atoms with E-state index >= 15 is 0 Å². The molecule has 3 nitrogen and oxygen atoms in total. The van der Waals surface area contributed by atoms with Crippen molar-refractivity contribution in [2.24, 2.45) is 11.0 Å². The Balaban J connectivity index is 1.60. The Labute approximate surface area is 137 Å². The zero-order valence-electron chi connectivity index (χ0n) is 13.8. The first kappa shape index (κ1) is 15.5. The van der Waals surface area contributed by atoms with Crippen molar-refractivity contribution >= 4 is 12.1 Å². The van der Waals surface area contributed by atoms with Crippen molar-refractivity contribution in [3.05, 3.63) is 70.3 Å². The van der Waals surface area contributed by atoms with Crippen LogP contribution in [0.1, 0.15) is 40.2 Å². The van der Waals surface area contributed by atoms with Crippen molar-refractivity contribution in [3.63, 3.8) is 0 Å². The fraction of sp³-hybridized carbons (Fsp3) is 0.300. The van der Waals surface area contributed by atoms with Crippen LogP contribution < -0.4 is 5.43 Å². The van der Waals surface area contributed by atoms with Crippen LogP contribution in [0.4, 0.5) is 0 Å². The van der Waals surface area contributed by atoms with E-state index < -0.39 is 0 Å². The van der Waals surface area contributed by atoms with Crippen LogP contribution in [0.5, 0.6) is 0 Å². The van der Waals surface area contributed by atoms with E-state index in [-0.39, 0.29) is 11.8 Å². The lowest BCUT2D eigenvalue weighted by molar-refractivity contribution is -0.122. The minimum Gasteiger partial charge on any atom is -0.273 e.